The van der Waals surface area contributed by atoms with Crippen LogP contribution in [-0.4, -0.2) is 18.9 Å². The lowest BCUT2D eigenvalue weighted by Crippen LogP contribution is -2.24. The third-order valence-electron chi connectivity index (χ3n) is 5.38. The molecule has 0 bridgehead atoms. The molecule has 6 heteroatoms. The molecule has 0 amide bonds. The summed E-state index contributed by atoms with van der Waals surface area (Å²) in [7, 11) is -3.70. The van der Waals surface area contributed by atoms with Crippen LogP contribution in [-0.2, 0) is 23.0 Å². The minimum Gasteiger partial charge on any atom is -0.312 e. The second-order valence-corrected chi connectivity index (χ2v) is 8.90. The van der Waals surface area contributed by atoms with Crippen LogP contribution in [0.3, 0.4) is 0 Å². The third-order valence-corrected chi connectivity index (χ3v) is 7.05. The van der Waals surface area contributed by atoms with Crippen molar-refractivity contribution in [3.05, 3.63) is 90.1 Å². The lowest BCUT2D eigenvalue weighted by Gasteiger charge is -2.18. The first kappa shape index (κ1) is 19.7. The van der Waals surface area contributed by atoms with Gasteiger partial charge in [-0.1, -0.05) is 54.6 Å². The van der Waals surface area contributed by atoms with E-state index in [2.05, 4.69) is 5.32 Å². The van der Waals surface area contributed by atoms with Gasteiger partial charge in [0.05, 0.1) is 10.4 Å². The molecule has 0 fully saturated rings. The monoisotopic (exact) mass is 424 g/mol. The number of rotatable bonds is 3. The highest BCUT2D eigenvalue weighted by atomic mass is 35.5. The van der Waals surface area contributed by atoms with Crippen LogP contribution in [0.1, 0.15) is 11.1 Å². The molecule has 1 aromatic heterocycles. The first-order chi connectivity index (χ1) is 13.6. The Bertz CT molecular complexity index is 1280. The minimum atomic E-state index is -3.70. The van der Waals surface area contributed by atoms with Gasteiger partial charge < -0.3 is 5.32 Å². The van der Waals surface area contributed by atoms with Crippen LogP contribution in [0.5, 0.6) is 0 Å². The summed E-state index contributed by atoms with van der Waals surface area (Å²) in [5.41, 5.74) is 4.89. The topological polar surface area (TPSA) is 51.1 Å². The molecule has 0 atom stereocenters. The zero-order chi connectivity index (χ0) is 19.1. The SMILES string of the molecule is Cl.O=S(=O)(c1ccc2c(c1)CNCC2)n1cc(-c2ccccc2)c2ccccc21. The standard InChI is InChI=1S/C23H20N2O2S.ClH/c26-28(27,20-11-10-17-12-13-24-15-19(17)14-20)25-16-22(18-6-2-1-3-7-18)21-8-4-5-9-23(21)25;/h1-11,14,16,24H,12-13,15H2;1H. The molecule has 5 rings (SSSR count). The number of para-hydroxylation sites is 1. The van der Waals surface area contributed by atoms with Gasteiger partial charge in [-0.3, -0.25) is 0 Å². The van der Waals surface area contributed by atoms with Crippen LogP contribution in [0.25, 0.3) is 22.0 Å². The van der Waals surface area contributed by atoms with Crippen LogP contribution >= 0.6 is 12.4 Å². The Morgan fingerprint density at radius 3 is 2.45 bits per heavy atom. The van der Waals surface area contributed by atoms with Crippen molar-refractivity contribution < 1.29 is 8.42 Å². The highest BCUT2D eigenvalue weighted by molar-refractivity contribution is 7.90. The lowest BCUT2D eigenvalue weighted by molar-refractivity contribution is 0.588. The molecule has 0 spiro atoms. The molecule has 1 aliphatic heterocycles. The van der Waals surface area contributed by atoms with Gasteiger partial charge in [0.2, 0.25) is 0 Å². The summed E-state index contributed by atoms with van der Waals surface area (Å²) in [5, 5.41) is 4.24. The predicted molar refractivity (Wildman–Crippen MR) is 119 cm³/mol. The molecule has 0 radical (unpaired) electrons. The molecule has 0 saturated heterocycles. The van der Waals surface area contributed by atoms with Crippen LogP contribution in [0.15, 0.2) is 83.9 Å². The van der Waals surface area contributed by atoms with Crippen molar-refractivity contribution >= 4 is 33.3 Å². The van der Waals surface area contributed by atoms with E-state index in [0.29, 0.717) is 17.0 Å². The van der Waals surface area contributed by atoms with Crippen LogP contribution < -0.4 is 5.32 Å². The fourth-order valence-corrected chi connectivity index (χ4v) is 5.35. The maximum Gasteiger partial charge on any atom is 0.268 e. The Kier molecular flexibility index (Phi) is 5.21. The van der Waals surface area contributed by atoms with Gasteiger partial charge in [-0.2, -0.15) is 0 Å². The molecule has 1 N–H and O–H groups in total. The molecular formula is C23H21ClN2O2S. The molecule has 4 nitrogen and oxygen atoms in total. The highest BCUT2D eigenvalue weighted by Gasteiger charge is 2.23. The van der Waals surface area contributed by atoms with Crippen molar-refractivity contribution in [1.29, 1.82) is 0 Å². The van der Waals surface area contributed by atoms with Crippen molar-refractivity contribution in [1.82, 2.24) is 9.29 Å². The molecule has 0 saturated carbocycles. The average molecular weight is 425 g/mol. The largest absolute Gasteiger partial charge is 0.312 e. The van der Waals surface area contributed by atoms with Gasteiger partial charge in [0.25, 0.3) is 10.0 Å². The van der Waals surface area contributed by atoms with E-state index in [1.165, 1.54) is 9.54 Å². The van der Waals surface area contributed by atoms with E-state index in [-0.39, 0.29) is 12.4 Å². The molecule has 148 valence electrons. The van der Waals surface area contributed by atoms with Gasteiger partial charge in [-0.05, 0) is 47.9 Å². The number of hydrogen-bond donors (Lipinski definition) is 1. The smallest absolute Gasteiger partial charge is 0.268 e. The van der Waals surface area contributed by atoms with Crippen molar-refractivity contribution in [2.75, 3.05) is 6.54 Å². The predicted octanol–water partition coefficient (Wildman–Crippen LogP) is 4.61. The zero-order valence-corrected chi connectivity index (χ0v) is 17.3. The Balaban J connectivity index is 0.00000205. The Labute approximate surface area is 176 Å². The lowest BCUT2D eigenvalue weighted by atomic mass is 10.0. The van der Waals surface area contributed by atoms with E-state index in [1.54, 1.807) is 12.3 Å². The van der Waals surface area contributed by atoms with E-state index >= 15 is 0 Å². The summed E-state index contributed by atoms with van der Waals surface area (Å²) < 4.78 is 28.5. The molecule has 4 aromatic rings. The van der Waals surface area contributed by atoms with Gasteiger partial charge in [0, 0.05) is 23.7 Å². The van der Waals surface area contributed by atoms with Crippen molar-refractivity contribution in [3.63, 3.8) is 0 Å². The fourth-order valence-electron chi connectivity index (χ4n) is 3.93. The molecule has 0 unspecified atom stereocenters. The molecule has 2 heterocycles. The van der Waals surface area contributed by atoms with E-state index in [9.17, 15) is 8.42 Å². The molecular weight excluding hydrogens is 404 g/mol. The first-order valence-electron chi connectivity index (χ1n) is 9.38. The van der Waals surface area contributed by atoms with Crippen molar-refractivity contribution in [2.45, 2.75) is 17.9 Å². The van der Waals surface area contributed by atoms with Gasteiger partial charge in [0.15, 0.2) is 0 Å². The van der Waals surface area contributed by atoms with E-state index in [4.69, 9.17) is 0 Å². The van der Waals surface area contributed by atoms with E-state index in [1.807, 2.05) is 66.7 Å². The number of halogens is 1. The van der Waals surface area contributed by atoms with Crippen LogP contribution in [0.2, 0.25) is 0 Å². The molecule has 3 aromatic carbocycles. The van der Waals surface area contributed by atoms with Crippen molar-refractivity contribution in [2.24, 2.45) is 0 Å². The first-order valence-corrected chi connectivity index (χ1v) is 10.8. The molecule has 29 heavy (non-hydrogen) atoms. The number of benzene rings is 3. The molecule has 0 aliphatic carbocycles. The maximum atomic E-state index is 13.5. The fraction of sp³-hybridized carbons (Fsp3) is 0.130. The van der Waals surface area contributed by atoms with E-state index < -0.39 is 10.0 Å². The van der Waals surface area contributed by atoms with Crippen LogP contribution in [0.4, 0.5) is 0 Å². The number of nitrogens with zero attached hydrogens (tertiary/aromatic N) is 1. The maximum absolute atomic E-state index is 13.5. The Morgan fingerprint density at radius 1 is 0.862 bits per heavy atom. The van der Waals surface area contributed by atoms with Gasteiger partial charge in [-0.15, -0.1) is 12.4 Å². The highest BCUT2D eigenvalue weighted by Crippen LogP contribution is 2.33. The Hall–Kier alpha value is -2.60. The second-order valence-electron chi connectivity index (χ2n) is 7.08. The Morgan fingerprint density at radius 2 is 1.62 bits per heavy atom. The summed E-state index contributed by atoms with van der Waals surface area (Å²) in [5.74, 6) is 0. The number of hydrogen-bond acceptors (Lipinski definition) is 3. The normalized spacial score (nSPS) is 13.7. The minimum absolute atomic E-state index is 0. The number of aromatic nitrogens is 1. The van der Waals surface area contributed by atoms with Crippen LogP contribution in [0, 0.1) is 0 Å². The van der Waals surface area contributed by atoms with Crippen molar-refractivity contribution in [3.8, 4) is 11.1 Å². The summed E-state index contributed by atoms with van der Waals surface area (Å²) in [6.45, 7) is 1.64. The third kappa shape index (κ3) is 3.35. The van der Waals surface area contributed by atoms with E-state index in [0.717, 1.165) is 35.0 Å². The summed E-state index contributed by atoms with van der Waals surface area (Å²) in [6.07, 6.45) is 2.67. The summed E-state index contributed by atoms with van der Waals surface area (Å²) >= 11 is 0. The molecule has 1 aliphatic rings. The van der Waals surface area contributed by atoms with Gasteiger partial charge in [-0.25, -0.2) is 12.4 Å². The van der Waals surface area contributed by atoms with Gasteiger partial charge in [0.1, 0.15) is 0 Å². The zero-order valence-electron chi connectivity index (χ0n) is 15.7. The van der Waals surface area contributed by atoms with Gasteiger partial charge >= 0.3 is 0 Å². The average Bonchev–Trinajstić information content (AvgIpc) is 3.14. The summed E-state index contributed by atoms with van der Waals surface area (Å²) in [4.78, 5) is 0.329. The quantitative estimate of drug-likeness (QED) is 0.522. The second kappa shape index (κ2) is 7.67. The number of nitrogens with one attached hydrogen (secondary N) is 1. The number of fused-ring (bicyclic) bond motifs is 2. The summed E-state index contributed by atoms with van der Waals surface area (Å²) in [6, 6.07) is 23.0.